The highest BCUT2D eigenvalue weighted by Gasteiger charge is 2.25. The van der Waals surface area contributed by atoms with Gasteiger partial charge in [0.15, 0.2) is 17.4 Å². The van der Waals surface area contributed by atoms with Gasteiger partial charge in [-0.2, -0.15) is 5.10 Å². The van der Waals surface area contributed by atoms with Gasteiger partial charge in [-0.05, 0) is 19.2 Å². The fraction of sp³-hybridized carbons (Fsp3) is 0.333. The van der Waals surface area contributed by atoms with Crippen molar-refractivity contribution in [3.8, 4) is 23.0 Å². The first-order valence-electron chi connectivity index (χ1n) is 12.6. The van der Waals surface area contributed by atoms with Gasteiger partial charge in [0, 0.05) is 45.9 Å². The third kappa shape index (κ3) is 5.50. The predicted octanol–water partition coefficient (Wildman–Crippen LogP) is 3.47. The molecule has 4 aromatic rings. The van der Waals surface area contributed by atoms with E-state index in [0.717, 1.165) is 24.3 Å². The number of pyridine rings is 1. The van der Waals surface area contributed by atoms with Crippen molar-refractivity contribution in [2.24, 2.45) is 7.05 Å². The van der Waals surface area contributed by atoms with E-state index in [4.69, 9.17) is 9.47 Å². The number of carbonyl (C=O) groups is 1. The maximum atomic E-state index is 12.9. The van der Waals surface area contributed by atoms with Gasteiger partial charge in [-0.15, -0.1) is 0 Å². The Morgan fingerprint density at radius 2 is 1.87 bits per heavy atom. The van der Waals surface area contributed by atoms with E-state index in [1.54, 1.807) is 36.7 Å². The molecule has 0 aliphatic carbocycles. The lowest BCUT2D eigenvalue weighted by Crippen LogP contribution is -2.51. The summed E-state index contributed by atoms with van der Waals surface area (Å²) in [5.41, 5.74) is 2.64. The SMILES string of the molecule is CCC(=O)c1cnc(Nc2cnc(OC3CN(C)C3)cn2)cc1N(C)c1cccc(-c2ncn(C)n2)c1OC. The first kappa shape index (κ1) is 26.0. The van der Waals surface area contributed by atoms with Gasteiger partial charge in [-0.25, -0.2) is 19.9 Å². The largest absolute Gasteiger partial charge is 0.494 e. The number of likely N-dealkylation sites (N-methyl/N-ethyl adjacent to an activating group) is 1. The molecular formula is C27H31N9O3. The maximum Gasteiger partial charge on any atom is 0.232 e. The molecule has 3 aromatic heterocycles. The molecule has 1 N–H and O–H groups in total. The van der Waals surface area contributed by atoms with E-state index < -0.39 is 0 Å². The number of ether oxygens (including phenoxy) is 2. The van der Waals surface area contributed by atoms with Crippen LogP contribution in [0.3, 0.4) is 0 Å². The number of para-hydroxylation sites is 1. The summed E-state index contributed by atoms with van der Waals surface area (Å²) in [7, 11) is 7.33. The van der Waals surface area contributed by atoms with E-state index >= 15 is 0 Å². The van der Waals surface area contributed by atoms with Gasteiger partial charge in [-0.1, -0.05) is 13.0 Å². The smallest absolute Gasteiger partial charge is 0.232 e. The molecule has 5 rings (SSSR count). The summed E-state index contributed by atoms with van der Waals surface area (Å²) < 4.78 is 13.3. The highest BCUT2D eigenvalue weighted by Crippen LogP contribution is 2.40. The molecule has 0 saturated carbocycles. The number of likely N-dealkylation sites (tertiary alicyclic amines) is 1. The van der Waals surface area contributed by atoms with Gasteiger partial charge in [0.1, 0.15) is 24.1 Å². The third-order valence-corrected chi connectivity index (χ3v) is 6.47. The van der Waals surface area contributed by atoms with Gasteiger partial charge in [0.05, 0.1) is 42.0 Å². The lowest BCUT2D eigenvalue weighted by atomic mass is 10.1. The molecule has 1 aromatic carbocycles. The van der Waals surface area contributed by atoms with Crippen LogP contribution >= 0.6 is 0 Å². The number of hydrogen-bond acceptors (Lipinski definition) is 11. The number of carbonyl (C=O) groups excluding carboxylic acids is 1. The van der Waals surface area contributed by atoms with Gasteiger partial charge in [0.25, 0.3) is 0 Å². The van der Waals surface area contributed by atoms with E-state index in [1.165, 1.54) is 0 Å². The number of aryl methyl sites for hydroxylation is 1. The number of anilines is 4. The molecule has 12 heteroatoms. The average Bonchev–Trinajstić information content (AvgIpc) is 3.37. The van der Waals surface area contributed by atoms with Crippen molar-refractivity contribution in [2.45, 2.75) is 19.4 Å². The second-order valence-electron chi connectivity index (χ2n) is 9.35. The van der Waals surface area contributed by atoms with Gasteiger partial charge >= 0.3 is 0 Å². The van der Waals surface area contributed by atoms with Crippen LogP contribution in [-0.4, -0.2) is 80.8 Å². The molecule has 0 spiro atoms. The molecule has 1 fully saturated rings. The molecule has 0 amide bonds. The fourth-order valence-corrected chi connectivity index (χ4v) is 4.43. The molecule has 0 radical (unpaired) electrons. The van der Waals surface area contributed by atoms with E-state index in [9.17, 15) is 4.79 Å². The van der Waals surface area contributed by atoms with Crippen molar-refractivity contribution in [1.82, 2.24) is 34.6 Å². The molecule has 0 bridgehead atoms. The van der Waals surface area contributed by atoms with Crippen LogP contribution in [0.1, 0.15) is 23.7 Å². The number of Topliss-reactive ketones (excluding diaryl/α,β-unsaturated/α-hetero) is 1. The van der Waals surface area contributed by atoms with Gasteiger partial charge < -0.3 is 19.7 Å². The first-order chi connectivity index (χ1) is 18.9. The fourth-order valence-electron chi connectivity index (χ4n) is 4.43. The number of nitrogens with zero attached hydrogens (tertiary/aromatic N) is 8. The Labute approximate surface area is 226 Å². The molecule has 202 valence electrons. The third-order valence-electron chi connectivity index (χ3n) is 6.47. The number of nitrogens with one attached hydrogen (secondary N) is 1. The molecule has 1 aliphatic rings. The summed E-state index contributed by atoms with van der Waals surface area (Å²) in [6.07, 6.45) is 6.88. The lowest BCUT2D eigenvalue weighted by molar-refractivity contribution is 0.0353. The van der Waals surface area contributed by atoms with Gasteiger partial charge in [-0.3, -0.25) is 14.4 Å². The number of rotatable bonds is 10. The van der Waals surface area contributed by atoms with Crippen molar-refractivity contribution in [3.63, 3.8) is 0 Å². The topological polar surface area (TPSA) is 123 Å². The second-order valence-corrected chi connectivity index (χ2v) is 9.35. The Morgan fingerprint density at radius 1 is 1.08 bits per heavy atom. The van der Waals surface area contributed by atoms with E-state index in [0.29, 0.717) is 46.8 Å². The monoisotopic (exact) mass is 529 g/mol. The minimum atomic E-state index is -0.0275. The summed E-state index contributed by atoms with van der Waals surface area (Å²) >= 11 is 0. The Hall–Kier alpha value is -4.58. The van der Waals surface area contributed by atoms with Gasteiger partial charge in [0.2, 0.25) is 5.88 Å². The summed E-state index contributed by atoms with van der Waals surface area (Å²) in [4.78, 5) is 34.6. The van der Waals surface area contributed by atoms with Crippen molar-refractivity contribution in [2.75, 3.05) is 44.5 Å². The molecular weight excluding hydrogens is 498 g/mol. The Kier molecular flexibility index (Phi) is 7.37. The Morgan fingerprint density at radius 3 is 2.51 bits per heavy atom. The van der Waals surface area contributed by atoms with E-state index in [-0.39, 0.29) is 11.9 Å². The standard InChI is InChI=1S/C27H31N9O3/c1-6-22(37)19-11-28-23(32-24-12-30-25(13-29-24)39-17-14-34(2)15-17)10-21(19)36(4)20-9-7-8-18(26(20)38-5)27-31-16-35(3)33-27/h7-13,16-17H,6,14-15H2,1-5H3,(H,28,29,32). The summed E-state index contributed by atoms with van der Waals surface area (Å²) in [6, 6.07) is 7.54. The van der Waals surface area contributed by atoms with Crippen LogP contribution in [0.15, 0.2) is 49.2 Å². The number of ketones is 1. The number of methoxy groups -OCH3 is 1. The molecule has 1 saturated heterocycles. The lowest BCUT2D eigenvalue weighted by Gasteiger charge is -2.35. The summed E-state index contributed by atoms with van der Waals surface area (Å²) in [5, 5.41) is 7.60. The molecule has 0 unspecified atom stereocenters. The number of hydrogen-bond donors (Lipinski definition) is 1. The van der Waals surface area contributed by atoms with E-state index in [2.05, 4.69) is 35.3 Å². The highest BCUT2D eigenvalue weighted by atomic mass is 16.5. The minimum Gasteiger partial charge on any atom is -0.494 e. The minimum absolute atomic E-state index is 0.0275. The molecule has 39 heavy (non-hydrogen) atoms. The molecule has 12 nitrogen and oxygen atoms in total. The van der Waals surface area contributed by atoms with Crippen molar-refractivity contribution in [1.29, 1.82) is 0 Å². The molecule has 4 heterocycles. The first-order valence-corrected chi connectivity index (χ1v) is 12.6. The van der Waals surface area contributed by atoms with Crippen molar-refractivity contribution in [3.05, 3.63) is 54.7 Å². The highest BCUT2D eigenvalue weighted by molar-refractivity contribution is 6.02. The predicted molar refractivity (Wildman–Crippen MR) is 147 cm³/mol. The van der Waals surface area contributed by atoms with Crippen LogP contribution < -0.4 is 19.7 Å². The molecule has 1 aliphatic heterocycles. The summed E-state index contributed by atoms with van der Waals surface area (Å²) in [6.45, 7) is 3.57. The average molecular weight is 530 g/mol. The van der Waals surface area contributed by atoms with Crippen LogP contribution in [-0.2, 0) is 7.05 Å². The van der Waals surface area contributed by atoms with Crippen LogP contribution in [0.25, 0.3) is 11.4 Å². The normalized spacial score (nSPS) is 13.6. The van der Waals surface area contributed by atoms with Crippen LogP contribution in [0, 0.1) is 0 Å². The maximum absolute atomic E-state index is 12.9. The second kappa shape index (κ2) is 11.0. The number of aromatic nitrogens is 6. The zero-order valence-electron chi connectivity index (χ0n) is 22.6. The van der Waals surface area contributed by atoms with Crippen LogP contribution in [0.4, 0.5) is 23.0 Å². The quantitative estimate of drug-likeness (QED) is 0.304. The zero-order chi connectivity index (χ0) is 27.5. The molecule has 0 atom stereocenters. The zero-order valence-corrected chi connectivity index (χ0v) is 22.6. The van der Waals surface area contributed by atoms with Crippen LogP contribution in [0.5, 0.6) is 11.6 Å². The van der Waals surface area contributed by atoms with Crippen molar-refractivity contribution < 1.29 is 14.3 Å². The van der Waals surface area contributed by atoms with Crippen LogP contribution in [0.2, 0.25) is 0 Å². The van der Waals surface area contributed by atoms with Crippen molar-refractivity contribution >= 4 is 28.8 Å². The Balaban J connectivity index is 1.44. The number of benzene rings is 1. The van der Waals surface area contributed by atoms with E-state index in [1.807, 2.05) is 57.2 Å². The Bertz CT molecular complexity index is 1470. The summed E-state index contributed by atoms with van der Waals surface area (Å²) in [5.74, 6) is 2.60.